The van der Waals surface area contributed by atoms with Crippen molar-refractivity contribution in [3.05, 3.63) is 44.9 Å². The van der Waals surface area contributed by atoms with E-state index in [-0.39, 0.29) is 12.1 Å². The molecule has 2 N–H and O–H groups in total. The molecule has 0 radical (unpaired) electrons. The minimum absolute atomic E-state index is 0.0902. The van der Waals surface area contributed by atoms with Crippen LogP contribution in [0.3, 0.4) is 0 Å². The molecule has 0 fully saturated rings. The zero-order valence-electron chi connectivity index (χ0n) is 12.7. The van der Waals surface area contributed by atoms with Gasteiger partial charge in [-0.05, 0) is 46.2 Å². The summed E-state index contributed by atoms with van der Waals surface area (Å²) in [5.74, 6) is 0.356. The summed E-state index contributed by atoms with van der Waals surface area (Å²) in [6, 6.07) is 6.13. The fraction of sp³-hybridized carbons (Fsp3) is 0.438. The van der Waals surface area contributed by atoms with Gasteiger partial charge in [0.1, 0.15) is 5.75 Å². The average Bonchev–Trinajstić information content (AvgIpc) is 2.68. The summed E-state index contributed by atoms with van der Waals surface area (Å²) in [5, 5.41) is 14.7. The van der Waals surface area contributed by atoms with Crippen molar-refractivity contribution in [1.82, 2.24) is 10.3 Å². The maximum Gasteiger partial charge on any atom is 0.120 e. The van der Waals surface area contributed by atoms with E-state index in [0.717, 1.165) is 21.8 Å². The van der Waals surface area contributed by atoms with Crippen molar-refractivity contribution in [2.24, 2.45) is 0 Å². The Kier molecular flexibility index (Phi) is 4.45. The summed E-state index contributed by atoms with van der Waals surface area (Å²) in [7, 11) is 0. The van der Waals surface area contributed by atoms with Crippen molar-refractivity contribution < 1.29 is 5.11 Å². The summed E-state index contributed by atoms with van der Waals surface area (Å²) in [6.07, 6.45) is 0. The molecular formula is C16H22N2OS. The highest BCUT2D eigenvalue weighted by Gasteiger charge is 2.17. The van der Waals surface area contributed by atoms with Crippen molar-refractivity contribution >= 4 is 11.3 Å². The highest BCUT2D eigenvalue weighted by atomic mass is 32.1. The van der Waals surface area contributed by atoms with E-state index in [1.807, 2.05) is 32.9 Å². The zero-order chi connectivity index (χ0) is 14.9. The van der Waals surface area contributed by atoms with E-state index in [1.165, 1.54) is 4.88 Å². The van der Waals surface area contributed by atoms with Crippen LogP contribution in [0.1, 0.15) is 52.6 Å². The van der Waals surface area contributed by atoms with E-state index in [9.17, 15) is 5.11 Å². The van der Waals surface area contributed by atoms with Gasteiger partial charge in [0.15, 0.2) is 0 Å². The molecule has 3 nitrogen and oxygen atoms in total. The number of aromatic hydroxyl groups is 1. The molecule has 1 aromatic carbocycles. The Balaban J connectivity index is 2.14. The van der Waals surface area contributed by atoms with Crippen molar-refractivity contribution in [3.63, 3.8) is 0 Å². The molecule has 1 heterocycles. The van der Waals surface area contributed by atoms with Gasteiger partial charge in [-0.25, -0.2) is 4.98 Å². The van der Waals surface area contributed by atoms with E-state index in [4.69, 9.17) is 0 Å². The molecule has 2 atom stereocenters. The van der Waals surface area contributed by atoms with Crippen LogP contribution in [-0.2, 0) is 0 Å². The predicted molar refractivity (Wildman–Crippen MR) is 84.4 cm³/mol. The monoisotopic (exact) mass is 290 g/mol. The standard InChI is InChI=1S/C16H22N2OS/c1-9-6-7-14(15(19)8-9)10(2)17-11(3)16-12(4)18-13(5)20-16/h6-8,10-11,17,19H,1-5H3. The molecule has 2 aromatic rings. The van der Waals surface area contributed by atoms with Crippen LogP contribution in [0.2, 0.25) is 0 Å². The Morgan fingerprint density at radius 1 is 1.15 bits per heavy atom. The Morgan fingerprint density at radius 3 is 2.40 bits per heavy atom. The lowest BCUT2D eigenvalue weighted by atomic mass is 10.0. The van der Waals surface area contributed by atoms with Gasteiger partial charge in [0.05, 0.1) is 10.7 Å². The van der Waals surface area contributed by atoms with Gasteiger partial charge >= 0.3 is 0 Å². The second-order valence-corrected chi connectivity index (χ2v) is 6.59. The van der Waals surface area contributed by atoms with E-state index in [1.54, 1.807) is 17.4 Å². The molecule has 0 bridgehead atoms. The molecule has 0 saturated heterocycles. The highest BCUT2D eigenvalue weighted by Crippen LogP contribution is 2.30. The molecule has 108 valence electrons. The highest BCUT2D eigenvalue weighted by molar-refractivity contribution is 7.11. The van der Waals surface area contributed by atoms with Gasteiger partial charge in [-0.15, -0.1) is 11.3 Å². The molecule has 0 aliphatic rings. The van der Waals surface area contributed by atoms with Gasteiger partial charge in [-0.3, -0.25) is 0 Å². The number of aromatic nitrogens is 1. The predicted octanol–water partition coefficient (Wildman–Crippen LogP) is 4.19. The third kappa shape index (κ3) is 3.19. The SMILES string of the molecule is Cc1ccc(C(C)NC(C)c2sc(C)nc2C)c(O)c1. The molecule has 0 amide bonds. The average molecular weight is 290 g/mol. The Hall–Kier alpha value is -1.39. The molecule has 4 heteroatoms. The molecule has 0 saturated carbocycles. The molecule has 1 aromatic heterocycles. The van der Waals surface area contributed by atoms with Crippen LogP contribution in [-0.4, -0.2) is 10.1 Å². The second kappa shape index (κ2) is 5.94. The number of hydrogen-bond donors (Lipinski definition) is 2. The molecule has 2 unspecified atom stereocenters. The van der Waals surface area contributed by atoms with Crippen LogP contribution < -0.4 is 5.32 Å². The molecule has 2 rings (SSSR count). The molecule has 0 aliphatic heterocycles. The lowest BCUT2D eigenvalue weighted by molar-refractivity contribution is 0.439. The summed E-state index contributed by atoms with van der Waals surface area (Å²) < 4.78 is 0. The maximum absolute atomic E-state index is 10.1. The van der Waals surface area contributed by atoms with Crippen molar-refractivity contribution in [2.45, 2.75) is 46.7 Å². The van der Waals surface area contributed by atoms with Gasteiger partial charge in [-0.2, -0.15) is 0 Å². The largest absolute Gasteiger partial charge is 0.508 e. The van der Waals surface area contributed by atoms with E-state index in [0.29, 0.717) is 5.75 Å². The topological polar surface area (TPSA) is 45.2 Å². The Bertz CT molecular complexity index is 607. The quantitative estimate of drug-likeness (QED) is 0.887. The van der Waals surface area contributed by atoms with Gasteiger partial charge in [0, 0.05) is 22.5 Å². The number of rotatable bonds is 4. The maximum atomic E-state index is 10.1. The molecular weight excluding hydrogens is 268 g/mol. The normalized spacial score (nSPS) is 14.2. The summed E-state index contributed by atoms with van der Waals surface area (Å²) in [4.78, 5) is 5.74. The third-order valence-electron chi connectivity index (χ3n) is 3.49. The lowest BCUT2D eigenvalue weighted by Gasteiger charge is -2.21. The van der Waals surface area contributed by atoms with Gasteiger partial charge in [0.2, 0.25) is 0 Å². The zero-order valence-corrected chi connectivity index (χ0v) is 13.5. The third-order valence-corrected chi connectivity index (χ3v) is 4.74. The van der Waals surface area contributed by atoms with Crippen molar-refractivity contribution in [2.75, 3.05) is 0 Å². The Labute approximate surface area is 124 Å². The molecule has 0 aliphatic carbocycles. The lowest BCUT2D eigenvalue weighted by Crippen LogP contribution is -2.22. The Morgan fingerprint density at radius 2 is 1.85 bits per heavy atom. The second-order valence-electron chi connectivity index (χ2n) is 5.35. The van der Waals surface area contributed by atoms with Crippen LogP contribution >= 0.6 is 11.3 Å². The van der Waals surface area contributed by atoms with E-state index < -0.39 is 0 Å². The first kappa shape index (κ1) is 15.0. The first-order chi connectivity index (χ1) is 9.38. The number of benzene rings is 1. The van der Waals surface area contributed by atoms with Crippen molar-refractivity contribution in [1.29, 1.82) is 0 Å². The number of nitrogens with zero attached hydrogens (tertiary/aromatic N) is 1. The number of hydrogen-bond acceptors (Lipinski definition) is 4. The molecule has 20 heavy (non-hydrogen) atoms. The van der Waals surface area contributed by atoms with E-state index >= 15 is 0 Å². The summed E-state index contributed by atoms with van der Waals surface area (Å²) in [5.41, 5.74) is 3.09. The van der Waals surface area contributed by atoms with E-state index in [2.05, 4.69) is 24.1 Å². The van der Waals surface area contributed by atoms with Crippen LogP contribution in [0.25, 0.3) is 0 Å². The molecule has 0 spiro atoms. The van der Waals surface area contributed by atoms with Crippen molar-refractivity contribution in [3.8, 4) is 5.75 Å². The first-order valence-corrected chi connectivity index (χ1v) is 7.69. The number of phenols is 1. The van der Waals surface area contributed by atoms with Crippen LogP contribution in [0.15, 0.2) is 18.2 Å². The summed E-state index contributed by atoms with van der Waals surface area (Å²) in [6.45, 7) is 10.3. The van der Waals surface area contributed by atoms with Gasteiger partial charge < -0.3 is 10.4 Å². The van der Waals surface area contributed by atoms with Crippen LogP contribution in [0, 0.1) is 20.8 Å². The minimum Gasteiger partial charge on any atom is -0.508 e. The number of thiazole rings is 1. The van der Waals surface area contributed by atoms with Gasteiger partial charge in [-0.1, -0.05) is 12.1 Å². The fourth-order valence-electron chi connectivity index (χ4n) is 2.51. The number of nitrogens with one attached hydrogen (secondary N) is 1. The van der Waals surface area contributed by atoms with Crippen LogP contribution in [0.5, 0.6) is 5.75 Å². The number of aryl methyl sites for hydroxylation is 3. The number of phenolic OH excluding ortho intramolecular Hbond substituents is 1. The minimum atomic E-state index is 0.0902. The van der Waals surface area contributed by atoms with Gasteiger partial charge in [0.25, 0.3) is 0 Å². The fourth-order valence-corrected chi connectivity index (χ4v) is 3.45. The summed E-state index contributed by atoms with van der Waals surface area (Å²) >= 11 is 1.73. The smallest absolute Gasteiger partial charge is 0.120 e. The van der Waals surface area contributed by atoms with Crippen LogP contribution in [0.4, 0.5) is 0 Å². The first-order valence-electron chi connectivity index (χ1n) is 6.88.